The van der Waals surface area contributed by atoms with Crippen LogP contribution in [0.5, 0.6) is 0 Å². The zero-order valence-electron chi connectivity index (χ0n) is 15.1. The van der Waals surface area contributed by atoms with Gasteiger partial charge in [-0.25, -0.2) is 9.97 Å². The van der Waals surface area contributed by atoms with Crippen molar-refractivity contribution in [3.63, 3.8) is 0 Å². The molecule has 3 heterocycles. The smallest absolute Gasteiger partial charge is 0.321 e. The van der Waals surface area contributed by atoms with Crippen LogP contribution in [0.1, 0.15) is 59.4 Å². The number of fused-ring (bicyclic) bond motifs is 1. The first kappa shape index (κ1) is 17.2. The summed E-state index contributed by atoms with van der Waals surface area (Å²) in [5.74, 6) is 0.0208. The molecule has 2 N–H and O–H groups in total. The van der Waals surface area contributed by atoms with Crippen LogP contribution in [0.15, 0.2) is 18.6 Å². The van der Waals surface area contributed by atoms with Gasteiger partial charge in [0.05, 0.1) is 46.8 Å². The highest BCUT2D eigenvalue weighted by Gasteiger charge is 2.40. The normalized spacial score (nSPS) is 19.1. The molecule has 0 spiro atoms. The summed E-state index contributed by atoms with van der Waals surface area (Å²) in [6.45, 7) is 1.91. The van der Waals surface area contributed by atoms with Gasteiger partial charge in [0.25, 0.3) is 0 Å². The molecule has 0 aromatic carbocycles. The molecule has 1 saturated carbocycles. The number of H-pyrrole nitrogens is 1. The summed E-state index contributed by atoms with van der Waals surface area (Å²) in [4.78, 5) is 8.07. The van der Waals surface area contributed by atoms with E-state index < -0.39 is 11.7 Å². The Morgan fingerprint density at radius 3 is 2.75 bits per heavy atom. The molecule has 1 atom stereocenters. The maximum atomic E-state index is 13.2. The Bertz CT molecular complexity index is 1030. The second-order valence-electron chi connectivity index (χ2n) is 7.34. The molecule has 5 rings (SSSR count). The molecule has 1 fully saturated rings. The lowest BCUT2D eigenvalue weighted by molar-refractivity contribution is -0.138. The van der Waals surface area contributed by atoms with Gasteiger partial charge in [-0.2, -0.15) is 23.4 Å². The molecular weight excluding hydrogens is 371 g/mol. The van der Waals surface area contributed by atoms with Crippen LogP contribution in [0.4, 0.5) is 24.8 Å². The van der Waals surface area contributed by atoms with E-state index in [1.54, 1.807) is 6.20 Å². The lowest BCUT2D eigenvalue weighted by Gasteiger charge is -2.14. The van der Waals surface area contributed by atoms with Crippen LogP contribution >= 0.6 is 0 Å². The molecule has 0 saturated heterocycles. The van der Waals surface area contributed by atoms with Crippen molar-refractivity contribution < 1.29 is 13.2 Å². The highest BCUT2D eigenvalue weighted by molar-refractivity contribution is 5.56. The molecule has 0 aliphatic heterocycles. The Hall–Kier alpha value is -2.91. The third-order valence-electron chi connectivity index (χ3n) is 5.45. The lowest BCUT2D eigenvalue weighted by Crippen LogP contribution is -2.13. The van der Waals surface area contributed by atoms with Crippen LogP contribution in [0, 0.1) is 6.92 Å². The van der Waals surface area contributed by atoms with Gasteiger partial charge in [0.2, 0.25) is 5.95 Å². The largest absolute Gasteiger partial charge is 0.419 e. The summed E-state index contributed by atoms with van der Waals surface area (Å²) in [5, 5.41) is 14.6. The topological polar surface area (TPSA) is 84.3 Å². The van der Waals surface area contributed by atoms with Gasteiger partial charge in [-0.15, -0.1) is 0 Å². The molecule has 7 nitrogen and oxygen atoms in total. The molecule has 0 bridgehead atoms. The molecule has 0 radical (unpaired) electrons. The summed E-state index contributed by atoms with van der Waals surface area (Å²) in [5.41, 5.74) is 3.12. The molecule has 3 aromatic rings. The van der Waals surface area contributed by atoms with Crippen molar-refractivity contribution in [1.29, 1.82) is 0 Å². The minimum absolute atomic E-state index is 0.0728. The SMILES string of the molecule is Cc1c(Nc2ncc(C(F)(F)F)c(C3CC3)n2)cnn1C1CCc2cn[nH]c21. The number of aromatic amines is 1. The summed E-state index contributed by atoms with van der Waals surface area (Å²) < 4.78 is 41.5. The van der Waals surface area contributed by atoms with Crippen LogP contribution in [0.25, 0.3) is 0 Å². The third-order valence-corrected chi connectivity index (χ3v) is 5.45. The maximum Gasteiger partial charge on any atom is 0.419 e. The van der Waals surface area contributed by atoms with Crippen molar-refractivity contribution in [1.82, 2.24) is 29.9 Å². The van der Waals surface area contributed by atoms with Crippen LogP contribution in [0.3, 0.4) is 0 Å². The predicted octanol–water partition coefficient (Wildman–Crippen LogP) is 3.88. The average Bonchev–Trinajstić information content (AvgIpc) is 3.11. The van der Waals surface area contributed by atoms with Crippen LogP contribution < -0.4 is 5.32 Å². The number of hydrogen-bond donors (Lipinski definition) is 2. The summed E-state index contributed by atoms with van der Waals surface area (Å²) in [7, 11) is 0. The molecule has 3 aromatic heterocycles. The quantitative estimate of drug-likeness (QED) is 0.707. The van der Waals surface area contributed by atoms with Crippen LogP contribution in [-0.4, -0.2) is 29.9 Å². The van der Waals surface area contributed by atoms with Crippen LogP contribution in [0.2, 0.25) is 0 Å². The number of halogens is 3. The van der Waals surface area contributed by atoms with Crippen LogP contribution in [-0.2, 0) is 12.6 Å². The molecule has 28 heavy (non-hydrogen) atoms. The molecule has 1 unspecified atom stereocenters. The van der Waals surface area contributed by atoms with E-state index in [0.717, 1.165) is 43.3 Å². The first-order valence-electron chi connectivity index (χ1n) is 9.19. The fourth-order valence-corrected chi connectivity index (χ4v) is 3.81. The summed E-state index contributed by atoms with van der Waals surface area (Å²) in [6, 6.07) is 0.0728. The minimum Gasteiger partial charge on any atom is -0.321 e. The van der Waals surface area contributed by atoms with E-state index in [2.05, 4.69) is 30.6 Å². The van der Waals surface area contributed by atoms with Crippen molar-refractivity contribution in [3.05, 3.63) is 46.8 Å². The van der Waals surface area contributed by atoms with Crippen molar-refractivity contribution in [2.24, 2.45) is 0 Å². The fraction of sp³-hybridized carbons (Fsp3) is 0.444. The molecule has 2 aliphatic rings. The molecule has 0 amide bonds. The van der Waals surface area contributed by atoms with Crippen molar-refractivity contribution in [3.8, 4) is 0 Å². The van der Waals surface area contributed by atoms with Gasteiger partial charge in [-0.3, -0.25) is 9.78 Å². The monoisotopic (exact) mass is 389 g/mol. The molecule has 10 heteroatoms. The number of aryl methyl sites for hydroxylation is 1. The van der Waals surface area contributed by atoms with Crippen molar-refractivity contribution in [2.75, 3.05) is 5.32 Å². The Morgan fingerprint density at radius 1 is 1.18 bits per heavy atom. The first-order chi connectivity index (χ1) is 13.4. The Labute approximate surface area is 158 Å². The van der Waals surface area contributed by atoms with E-state index >= 15 is 0 Å². The second-order valence-corrected chi connectivity index (χ2v) is 7.34. The number of hydrogen-bond acceptors (Lipinski definition) is 5. The van der Waals surface area contributed by atoms with Crippen molar-refractivity contribution in [2.45, 2.75) is 50.7 Å². The van der Waals surface area contributed by atoms with Gasteiger partial charge < -0.3 is 5.32 Å². The number of nitrogens with zero attached hydrogens (tertiary/aromatic N) is 5. The molecule has 146 valence electrons. The number of alkyl halides is 3. The Kier molecular flexibility index (Phi) is 3.72. The minimum atomic E-state index is -4.44. The zero-order valence-corrected chi connectivity index (χ0v) is 15.1. The van der Waals surface area contributed by atoms with Gasteiger partial charge in [0.15, 0.2) is 0 Å². The second kappa shape index (κ2) is 6.05. The van der Waals surface area contributed by atoms with Gasteiger partial charge >= 0.3 is 6.18 Å². The van der Waals surface area contributed by atoms with E-state index in [0.29, 0.717) is 5.69 Å². The maximum absolute atomic E-state index is 13.2. The summed E-state index contributed by atoms with van der Waals surface area (Å²) in [6.07, 6.45) is 3.23. The highest BCUT2D eigenvalue weighted by Crippen LogP contribution is 2.45. The number of anilines is 2. The molecular formula is C18H18F3N7. The number of rotatable bonds is 4. The standard InChI is InChI=1S/C18H18F3N7/c1-9-13(8-24-28(9)14-5-4-11-6-23-27-16(11)14)25-17-22-7-12(18(19,20)21)15(26-17)10-2-3-10/h6-8,10,14H,2-5H2,1H3,(H,23,27)(H,22,25,26). The summed E-state index contributed by atoms with van der Waals surface area (Å²) >= 11 is 0. The number of nitrogens with one attached hydrogen (secondary N) is 2. The predicted molar refractivity (Wildman–Crippen MR) is 94.3 cm³/mol. The van der Waals surface area contributed by atoms with Gasteiger partial charge in [-0.1, -0.05) is 0 Å². The number of aromatic nitrogens is 6. The van der Waals surface area contributed by atoms with Crippen molar-refractivity contribution >= 4 is 11.6 Å². The van der Waals surface area contributed by atoms with E-state index in [1.165, 1.54) is 5.56 Å². The zero-order chi connectivity index (χ0) is 19.5. The molecule has 2 aliphatic carbocycles. The van der Waals surface area contributed by atoms with E-state index in [4.69, 9.17) is 0 Å². The van der Waals surface area contributed by atoms with E-state index in [9.17, 15) is 13.2 Å². The highest BCUT2D eigenvalue weighted by atomic mass is 19.4. The van der Waals surface area contributed by atoms with Gasteiger partial charge in [0.1, 0.15) is 0 Å². The Balaban J connectivity index is 1.43. The average molecular weight is 389 g/mol. The van der Waals surface area contributed by atoms with E-state index in [-0.39, 0.29) is 23.6 Å². The van der Waals surface area contributed by atoms with E-state index in [1.807, 2.05) is 17.8 Å². The Morgan fingerprint density at radius 2 is 2.00 bits per heavy atom. The van der Waals surface area contributed by atoms with Gasteiger partial charge in [0, 0.05) is 12.1 Å². The van der Waals surface area contributed by atoms with Gasteiger partial charge in [-0.05, 0) is 38.2 Å². The lowest BCUT2D eigenvalue weighted by atomic mass is 10.1. The first-order valence-corrected chi connectivity index (χ1v) is 9.19. The third kappa shape index (κ3) is 2.83. The fourth-order valence-electron chi connectivity index (χ4n) is 3.81.